The van der Waals surface area contributed by atoms with Gasteiger partial charge < -0.3 is 8.97 Å². The zero-order valence-corrected chi connectivity index (χ0v) is 30.0. The van der Waals surface area contributed by atoms with Gasteiger partial charge >= 0.3 is 0 Å². The van der Waals surface area contributed by atoms with Crippen molar-refractivity contribution in [2.24, 2.45) is 5.92 Å². The molecule has 2 unspecified atom stereocenters. The first-order valence-corrected chi connectivity index (χ1v) is 19.3. The maximum atomic E-state index is 2.55. The Morgan fingerprint density at radius 2 is 1.45 bits per heavy atom. The van der Waals surface area contributed by atoms with Crippen LogP contribution in [0.25, 0.3) is 89.3 Å². The Morgan fingerprint density at radius 3 is 2.36 bits per heavy atom. The Morgan fingerprint density at radius 1 is 0.679 bits per heavy atom. The summed E-state index contributed by atoms with van der Waals surface area (Å²) < 4.78 is 5.02. The minimum Gasteiger partial charge on any atom is -0.309 e. The highest BCUT2D eigenvalue weighted by Gasteiger charge is 2.43. The Balaban J connectivity index is 1.00. The van der Waals surface area contributed by atoms with Gasteiger partial charge in [-0.25, -0.2) is 0 Å². The summed E-state index contributed by atoms with van der Waals surface area (Å²) >= 11 is 0. The molecule has 53 heavy (non-hydrogen) atoms. The lowest BCUT2D eigenvalue weighted by Gasteiger charge is -2.12. The summed E-state index contributed by atoms with van der Waals surface area (Å²) in [6.45, 7) is 4.53. The average Bonchev–Trinajstić information content (AvgIpc) is 3.49. The molecule has 0 aliphatic heterocycles. The Bertz CT molecular complexity index is 3050. The number of allylic oxidation sites excluding steroid dienone is 2. The van der Waals surface area contributed by atoms with Crippen LogP contribution in [0.15, 0.2) is 133 Å². The summed E-state index contributed by atoms with van der Waals surface area (Å²) in [5.74, 6) is 1.37. The van der Waals surface area contributed by atoms with Crippen molar-refractivity contribution >= 4 is 50.2 Å². The van der Waals surface area contributed by atoms with Crippen molar-refractivity contribution in [2.45, 2.75) is 39.0 Å². The van der Waals surface area contributed by atoms with Crippen LogP contribution >= 0.6 is 0 Å². The smallest absolute Gasteiger partial charge is 0.0614 e. The topological polar surface area (TPSA) is 9.34 Å². The monoisotopic (exact) mass is 678 g/mol. The fourth-order valence-corrected chi connectivity index (χ4v) is 10.1. The second kappa shape index (κ2) is 10.7. The summed E-state index contributed by atoms with van der Waals surface area (Å²) in [5, 5.41) is 5.39. The fourth-order valence-electron chi connectivity index (χ4n) is 10.1. The zero-order chi connectivity index (χ0) is 34.9. The molecule has 9 aromatic rings. The second-order valence-electron chi connectivity index (χ2n) is 15.5. The molecule has 6 aromatic carbocycles. The van der Waals surface area contributed by atoms with Crippen molar-refractivity contribution in [3.8, 4) is 39.1 Å². The quantitative estimate of drug-likeness (QED) is 0.171. The predicted octanol–water partition coefficient (Wildman–Crippen LogP) is 13.4. The summed E-state index contributed by atoms with van der Waals surface area (Å²) in [4.78, 5) is 0. The maximum Gasteiger partial charge on any atom is 0.0614 e. The van der Waals surface area contributed by atoms with Crippen molar-refractivity contribution < 1.29 is 0 Å². The van der Waals surface area contributed by atoms with Gasteiger partial charge in [-0.05, 0) is 142 Å². The lowest BCUT2D eigenvalue weighted by Crippen LogP contribution is -1.96. The minimum absolute atomic E-state index is 0.659. The number of nitrogens with zero attached hydrogens (tertiary/aromatic N) is 2. The number of hydrogen-bond donors (Lipinski definition) is 0. The van der Waals surface area contributed by atoms with Crippen LogP contribution in [0.1, 0.15) is 59.3 Å². The molecule has 3 aromatic heterocycles. The number of benzene rings is 6. The molecule has 2 atom stereocenters. The molecule has 3 aliphatic carbocycles. The van der Waals surface area contributed by atoms with Crippen molar-refractivity contribution in [1.82, 2.24) is 8.97 Å². The lowest BCUT2D eigenvalue weighted by atomic mass is 9.94. The van der Waals surface area contributed by atoms with Crippen molar-refractivity contribution in [3.05, 3.63) is 167 Å². The third-order valence-corrected chi connectivity index (χ3v) is 12.7. The van der Waals surface area contributed by atoms with E-state index in [1.807, 2.05) is 0 Å². The zero-order valence-electron chi connectivity index (χ0n) is 30.0. The normalized spacial score (nSPS) is 17.0. The third-order valence-electron chi connectivity index (χ3n) is 12.7. The van der Waals surface area contributed by atoms with Crippen LogP contribution in [0, 0.1) is 12.8 Å². The predicted molar refractivity (Wildman–Crippen MR) is 223 cm³/mol. The molecule has 252 valence electrons. The van der Waals surface area contributed by atoms with Gasteiger partial charge in [0.2, 0.25) is 0 Å². The average molecular weight is 679 g/mol. The molecule has 1 fully saturated rings. The van der Waals surface area contributed by atoms with Crippen molar-refractivity contribution in [1.29, 1.82) is 0 Å². The number of rotatable bonds is 5. The SMILES string of the molecule is CC/C=C\c1c(C)c2cc(-c3ccc(-n4c5ccccc5c5ccc(-c6cccc7c6Cc6ccccc6-7)cc54)cc3)cc3c4c(n1c23)C=CC1CC41. The number of para-hydroxylation sites is 1. The van der Waals surface area contributed by atoms with Gasteiger partial charge in [0, 0.05) is 32.9 Å². The van der Waals surface area contributed by atoms with Crippen LogP contribution in [0.4, 0.5) is 0 Å². The van der Waals surface area contributed by atoms with Crippen molar-refractivity contribution in [2.75, 3.05) is 0 Å². The van der Waals surface area contributed by atoms with E-state index in [4.69, 9.17) is 0 Å². The van der Waals surface area contributed by atoms with Gasteiger partial charge in [0.1, 0.15) is 0 Å². The molecule has 3 aliphatic rings. The van der Waals surface area contributed by atoms with Gasteiger partial charge in [0.25, 0.3) is 0 Å². The van der Waals surface area contributed by atoms with E-state index in [0.29, 0.717) is 11.8 Å². The van der Waals surface area contributed by atoms with Crippen LogP contribution in [0.3, 0.4) is 0 Å². The van der Waals surface area contributed by atoms with Crippen LogP contribution < -0.4 is 0 Å². The Hall–Kier alpha value is -6.12. The largest absolute Gasteiger partial charge is 0.309 e. The van der Waals surface area contributed by atoms with Crippen molar-refractivity contribution in [3.63, 3.8) is 0 Å². The Kier molecular flexibility index (Phi) is 5.95. The van der Waals surface area contributed by atoms with E-state index in [2.05, 4.69) is 168 Å². The van der Waals surface area contributed by atoms with E-state index in [0.717, 1.165) is 12.8 Å². The maximum absolute atomic E-state index is 2.55. The van der Waals surface area contributed by atoms with Gasteiger partial charge in [0.15, 0.2) is 0 Å². The molecule has 0 bridgehead atoms. The summed E-state index contributed by atoms with van der Waals surface area (Å²) in [6.07, 6.45) is 12.8. The molecule has 2 heteroatoms. The highest BCUT2D eigenvalue weighted by Crippen LogP contribution is 2.57. The summed E-state index contributed by atoms with van der Waals surface area (Å²) in [7, 11) is 0. The number of hydrogen-bond acceptors (Lipinski definition) is 0. The number of aryl methyl sites for hydroxylation is 1. The summed E-state index contributed by atoms with van der Waals surface area (Å²) in [6, 6.07) is 45.9. The molecule has 1 saturated carbocycles. The second-order valence-corrected chi connectivity index (χ2v) is 15.5. The Labute approximate surface area is 309 Å². The van der Waals surface area contributed by atoms with Crippen LogP contribution in [0.5, 0.6) is 0 Å². The summed E-state index contributed by atoms with van der Waals surface area (Å²) in [5.41, 5.74) is 21.5. The molecule has 0 N–H and O–H groups in total. The first-order chi connectivity index (χ1) is 26.2. The molecule has 0 amide bonds. The van der Waals surface area contributed by atoms with Gasteiger partial charge in [-0.1, -0.05) is 104 Å². The van der Waals surface area contributed by atoms with Gasteiger partial charge in [-0.3, -0.25) is 0 Å². The highest BCUT2D eigenvalue weighted by molar-refractivity contribution is 6.11. The number of aromatic nitrogens is 2. The molecule has 0 spiro atoms. The molecular weight excluding hydrogens is 641 g/mol. The molecule has 12 rings (SSSR count). The number of fused-ring (bicyclic) bond motifs is 11. The van der Waals surface area contributed by atoms with E-state index < -0.39 is 0 Å². The fraction of sp³-hybridized carbons (Fsp3) is 0.137. The minimum atomic E-state index is 0.659. The molecule has 3 heterocycles. The van der Waals surface area contributed by atoms with E-state index in [-0.39, 0.29) is 0 Å². The molecular formula is C51H38N2. The van der Waals surface area contributed by atoms with E-state index >= 15 is 0 Å². The van der Waals surface area contributed by atoms with E-state index in [9.17, 15) is 0 Å². The first kappa shape index (κ1) is 29.5. The van der Waals surface area contributed by atoms with Crippen LogP contribution in [0.2, 0.25) is 0 Å². The standard InChI is InChI=1S/C51H38N2/c1-3-4-15-46-30(2)42-27-35(28-45-50-43-25-33(43)20-24-48(50)53(46)51(42)45)31-17-21-36(22-18-31)52-47-16-8-7-12-40(47)41-23-19-34(29-49(41)52)38-13-9-14-39-37-11-6-5-10-32(37)26-44(38)39/h4-24,27-29,33,43H,3,25-26H2,1-2H3/b15-4-. The lowest BCUT2D eigenvalue weighted by molar-refractivity contribution is 0.985. The first-order valence-electron chi connectivity index (χ1n) is 19.3. The van der Waals surface area contributed by atoms with Crippen LogP contribution in [-0.4, -0.2) is 8.97 Å². The van der Waals surface area contributed by atoms with Gasteiger partial charge in [-0.2, -0.15) is 0 Å². The molecule has 2 nitrogen and oxygen atoms in total. The highest BCUT2D eigenvalue weighted by atomic mass is 15.0. The van der Waals surface area contributed by atoms with Crippen LogP contribution in [-0.2, 0) is 6.42 Å². The van der Waals surface area contributed by atoms with E-state index in [1.54, 1.807) is 5.56 Å². The molecule has 0 radical (unpaired) electrons. The third kappa shape index (κ3) is 4.04. The molecule has 0 saturated heterocycles. The van der Waals surface area contributed by atoms with Gasteiger partial charge in [0.05, 0.1) is 22.2 Å². The van der Waals surface area contributed by atoms with Gasteiger partial charge in [-0.15, -0.1) is 0 Å². The van der Waals surface area contributed by atoms with E-state index in [1.165, 1.54) is 112 Å².